The summed E-state index contributed by atoms with van der Waals surface area (Å²) in [5.41, 5.74) is -2.02. The van der Waals surface area contributed by atoms with Gasteiger partial charge in [-0.2, -0.15) is 0 Å². The second-order valence-electron chi connectivity index (χ2n) is 5.30. The SMILES string of the molecule is CC1(C(Cl)Cl)[C@@H]2[C@H](Cl)C(Cl)(Cl)[C@]1(C(Cl)Cl)CC2(Cl)Cl. The van der Waals surface area contributed by atoms with Gasteiger partial charge in [-0.25, -0.2) is 0 Å². The van der Waals surface area contributed by atoms with E-state index < -0.39 is 40.5 Å². The average molecular weight is 448 g/mol. The van der Waals surface area contributed by atoms with E-state index in [-0.39, 0.29) is 6.42 Å². The molecule has 2 saturated carbocycles. The molecular weight excluding hydrogens is 439 g/mol. The lowest BCUT2D eigenvalue weighted by molar-refractivity contribution is 0.130. The van der Waals surface area contributed by atoms with Crippen LogP contribution in [-0.4, -0.2) is 23.7 Å². The van der Waals surface area contributed by atoms with Crippen molar-refractivity contribution < 1.29 is 0 Å². The molecule has 19 heavy (non-hydrogen) atoms. The highest BCUT2D eigenvalue weighted by atomic mass is 35.5. The van der Waals surface area contributed by atoms with Gasteiger partial charge in [0.25, 0.3) is 0 Å². The highest BCUT2D eigenvalue weighted by molar-refractivity contribution is 6.58. The fourth-order valence-corrected chi connectivity index (χ4v) is 8.42. The lowest BCUT2D eigenvalue weighted by atomic mass is 9.70. The summed E-state index contributed by atoms with van der Waals surface area (Å²) in [5.74, 6) is -0.542. The second-order valence-corrected chi connectivity index (χ2v) is 10.9. The lowest BCUT2D eigenvalue weighted by Gasteiger charge is -2.48. The molecule has 0 spiro atoms. The molecule has 0 aromatic rings. The fourth-order valence-electron chi connectivity index (χ4n) is 3.63. The molecular formula is C10H9Cl9. The Hall–Kier alpha value is 2.61. The molecule has 0 radical (unpaired) electrons. The van der Waals surface area contributed by atoms with Crippen molar-refractivity contribution >= 4 is 104 Å². The standard InChI is InChI=1S/C10H9Cl9/c1-7(5(12)13)3-4(11)10(18,19)8(7,6(14)15)2-9(3,16)17/h3-6H,2H2,1H3/t3-,4-,7?,8-/m0/s1. The first-order chi connectivity index (χ1) is 8.37. The summed E-state index contributed by atoms with van der Waals surface area (Å²) in [4.78, 5) is -1.85. The van der Waals surface area contributed by atoms with Crippen molar-refractivity contribution in [3.8, 4) is 0 Å². The predicted molar refractivity (Wildman–Crippen MR) is 88.2 cm³/mol. The molecule has 2 bridgehead atoms. The van der Waals surface area contributed by atoms with Crippen LogP contribution in [0.4, 0.5) is 0 Å². The van der Waals surface area contributed by atoms with Gasteiger partial charge in [-0.3, -0.25) is 0 Å². The van der Waals surface area contributed by atoms with Gasteiger partial charge < -0.3 is 0 Å². The van der Waals surface area contributed by atoms with E-state index in [1.54, 1.807) is 6.92 Å². The molecule has 0 saturated heterocycles. The molecule has 2 aliphatic rings. The largest absolute Gasteiger partial charge is 0.143 e. The third-order valence-electron chi connectivity index (χ3n) is 4.64. The number of fused-ring (bicyclic) bond motifs is 2. The van der Waals surface area contributed by atoms with Gasteiger partial charge in [0, 0.05) is 16.7 Å². The first kappa shape index (κ1) is 18.0. The molecule has 0 aromatic heterocycles. The molecule has 2 fully saturated rings. The molecule has 0 aromatic carbocycles. The van der Waals surface area contributed by atoms with E-state index in [0.29, 0.717) is 0 Å². The van der Waals surface area contributed by atoms with E-state index in [4.69, 9.17) is 104 Å². The molecule has 4 atom stereocenters. The van der Waals surface area contributed by atoms with E-state index in [0.717, 1.165) is 0 Å². The highest BCUT2D eigenvalue weighted by Gasteiger charge is 2.85. The maximum atomic E-state index is 6.45. The van der Waals surface area contributed by atoms with Crippen LogP contribution in [-0.2, 0) is 0 Å². The van der Waals surface area contributed by atoms with Crippen LogP contribution in [0.1, 0.15) is 13.3 Å². The Morgan fingerprint density at radius 1 is 0.947 bits per heavy atom. The van der Waals surface area contributed by atoms with E-state index >= 15 is 0 Å². The average Bonchev–Trinajstić information content (AvgIpc) is 2.49. The summed E-state index contributed by atoms with van der Waals surface area (Å²) in [7, 11) is 0. The first-order valence-corrected chi connectivity index (χ1v) is 9.02. The van der Waals surface area contributed by atoms with Crippen LogP contribution in [0.15, 0.2) is 0 Å². The molecule has 112 valence electrons. The molecule has 9 heteroatoms. The zero-order valence-electron chi connectivity index (χ0n) is 9.42. The number of rotatable bonds is 2. The topological polar surface area (TPSA) is 0 Å². The second kappa shape index (κ2) is 5.05. The summed E-state index contributed by atoms with van der Waals surface area (Å²) in [5, 5.41) is -0.774. The van der Waals surface area contributed by atoms with Crippen molar-refractivity contribution in [1.29, 1.82) is 0 Å². The third-order valence-corrected chi connectivity index (χ3v) is 8.97. The Balaban J connectivity index is 2.75. The Kier molecular flexibility index (Phi) is 4.77. The van der Waals surface area contributed by atoms with Gasteiger partial charge in [-0.15, -0.1) is 81.2 Å². The smallest absolute Gasteiger partial charge is 0.119 e. The normalized spacial score (nSPS) is 47.4. The summed E-state index contributed by atoms with van der Waals surface area (Å²) in [6.45, 7) is 1.77. The molecule has 0 amide bonds. The molecule has 0 nitrogen and oxygen atoms in total. The van der Waals surface area contributed by atoms with Gasteiger partial charge >= 0.3 is 0 Å². The van der Waals surface area contributed by atoms with E-state index in [9.17, 15) is 0 Å². The van der Waals surface area contributed by atoms with Gasteiger partial charge in [-0.1, -0.05) is 30.1 Å². The van der Waals surface area contributed by atoms with Crippen LogP contribution < -0.4 is 0 Å². The quantitative estimate of drug-likeness (QED) is 0.419. The Morgan fingerprint density at radius 2 is 1.42 bits per heavy atom. The van der Waals surface area contributed by atoms with Gasteiger partial charge in [0.05, 0.1) is 5.38 Å². The van der Waals surface area contributed by atoms with Crippen LogP contribution in [0.2, 0.25) is 0 Å². The van der Waals surface area contributed by atoms with E-state index in [1.165, 1.54) is 0 Å². The fraction of sp³-hybridized carbons (Fsp3) is 1.00. The summed E-state index contributed by atoms with van der Waals surface area (Å²) >= 11 is 56.7. The zero-order valence-corrected chi connectivity index (χ0v) is 16.2. The monoisotopic (exact) mass is 444 g/mol. The molecule has 0 heterocycles. The van der Waals surface area contributed by atoms with Gasteiger partial charge in [0.1, 0.15) is 18.3 Å². The third kappa shape index (κ3) is 1.94. The maximum Gasteiger partial charge on any atom is 0.143 e. The number of alkyl halides is 9. The summed E-state index contributed by atoms with van der Waals surface area (Å²) in [6, 6.07) is 0. The number of hydrogen-bond acceptors (Lipinski definition) is 0. The van der Waals surface area contributed by atoms with Crippen LogP contribution in [0.5, 0.6) is 0 Å². The summed E-state index contributed by atoms with van der Waals surface area (Å²) < 4.78 is -2.63. The van der Waals surface area contributed by atoms with E-state index in [2.05, 4.69) is 0 Å². The van der Waals surface area contributed by atoms with Crippen molar-refractivity contribution in [2.24, 2.45) is 16.7 Å². The molecule has 2 rings (SSSR count). The maximum absolute atomic E-state index is 6.45. The highest BCUT2D eigenvalue weighted by Crippen LogP contribution is 2.82. The number of halogens is 9. The molecule has 0 N–H and O–H groups in total. The number of hydrogen-bond donors (Lipinski definition) is 0. The zero-order chi connectivity index (χ0) is 15.0. The Morgan fingerprint density at radius 3 is 1.74 bits per heavy atom. The van der Waals surface area contributed by atoms with Crippen molar-refractivity contribution in [3.05, 3.63) is 0 Å². The minimum atomic E-state index is -1.43. The van der Waals surface area contributed by atoms with Crippen molar-refractivity contribution in [1.82, 2.24) is 0 Å². The first-order valence-electron chi connectivity index (χ1n) is 5.33. The minimum absolute atomic E-state index is 0.161. The lowest BCUT2D eigenvalue weighted by Crippen LogP contribution is -2.53. The van der Waals surface area contributed by atoms with Gasteiger partial charge in [0.15, 0.2) is 0 Å². The molecule has 0 aliphatic heterocycles. The van der Waals surface area contributed by atoms with Gasteiger partial charge in [0.2, 0.25) is 0 Å². The van der Waals surface area contributed by atoms with Crippen LogP contribution in [0.3, 0.4) is 0 Å². The molecule has 2 aliphatic carbocycles. The van der Waals surface area contributed by atoms with Crippen molar-refractivity contribution in [3.63, 3.8) is 0 Å². The molecule has 1 unspecified atom stereocenters. The van der Waals surface area contributed by atoms with Crippen LogP contribution in [0.25, 0.3) is 0 Å². The Bertz CT molecular complexity index is 392. The van der Waals surface area contributed by atoms with Crippen molar-refractivity contribution in [2.45, 2.75) is 37.1 Å². The predicted octanol–water partition coefficient (Wildman–Crippen LogP) is 6.58. The van der Waals surface area contributed by atoms with Crippen molar-refractivity contribution in [2.75, 3.05) is 0 Å². The van der Waals surface area contributed by atoms with Crippen LogP contribution in [0, 0.1) is 16.7 Å². The minimum Gasteiger partial charge on any atom is -0.119 e. The van der Waals surface area contributed by atoms with E-state index in [1.807, 2.05) is 0 Å². The Labute approximate surface area is 157 Å². The van der Waals surface area contributed by atoms with Crippen LogP contribution >= 0.6 is 104 Å². The summed E-state index contributed by atoms with van der Waals surface area (Å²) in [6.07, 6.45) is 0.161. The van der Waals surface area contributed by atoms with Gasteiger partial charge in [-0.05, 0) is 6.42 Å².